The standard InChI is InChI=1S/C21H24N2O5S/c1-15(20(25)23-16-8-4-3-5-9-16)28-21(26)17-10-6-7-11-18(17)29-14-19(24)22-12-13-27-2/h3-11,15H,12-14H2,1-2H3,(H,22,24)(H,23,25)/t15-/m1/s1. The summed E-state index contributed by atoms with van der Waals surface area (Å²) in [5.74, 6) is -1.06. The van der Waals surface area contributed by atoms with Gasteiger partial charge in [-0.1, -0.05) is 30.3 Å². The van der Waals surface area contributed by atoms with Crippen LogP contribution in [0, 0.1) is 0 Å². The van der Waals surface area contributed by atoms with E-state index in [1.807, 2.05) is 6.07 Å². The molecule has 2 N–H and O–H groups in total. The molecule has 2 aromatic carbocycles. The van der Waals surface area contributed by atoms with Gasteiger partial charge >= 0.3 is 5.97 Å². The molecule has 0 unspecified atom stereocenters. The first-order valence-electron chi connectivity index (χ1n) is 9.05. The molecule has 2 aromatic rings. The number of rotatable bonds is 10. The summed E-state index contributed by atoms with van der Waals surface area (Å²) in [5, 5.41) is 5.41. The Kier molecular flexibility index (Phi) is 9.20. The number of carbonyl (C=O) groups excluding carboxylic acids is 3. The first-order valence-corrected chi connectivity index (χ1v) is 10.0. The van der Waals surface area contributed by atoms with Gasteiger partial charge in [0.15, 0.2) is 6.10 Å². The van der Waals surface area contributed by atoms with E-state index in [9.17, 15) is 14.4 Å². The molecule has 0 aliphatic heterocycles. The van der Waals surface area contributed by atoms with Crippen LogP contribution < -0.4 is 10.6 Å². The summed E-state index contributed by atoms with van der Waals surface area (Å²) in [4.78, 5) is 37.3. The van der Waals surface area contributed by atoms with Gasteiger partial charge in [0, 0.05) is 24.2 Å². The van der Waals surface area contributed by atoms with Gasteiger partial charge in [-0.25, -0.2) is 4.79 Å². The molecule has 0 fully saturated rings. The Morgan fingerprint density at radius 3 is 2.45 bits per heavy atom. The van der Waals surface area contributed by atoms with Gasteiger partial charge in [0.1, 0.15) is 0 Å². The molecular formula is C21H24N2O5S. The number of anilines is 1. The smallest absolute Gasteiger partial charge is 0.340 e. The highest BCUT2D eigenvalue weighted by atomic mass is 32.2. The number of esters is 1. The summed E-state index contributed by atoms with van der Waals surface area (Å²) in [5.41, 5.74) is 0.928. The molecule has 29 heavy (non-hydrogen) atoms. The van der Waals surface area contributed by atoms with E-state index in [4.69, 9.17) is 9.47 Å². The molecule has 2 amide bonds. The highest BCUT2D eigenvalue weighted by molar-refractivity contribution is 8.00. The number of nitrogens with one attached hydrogen (secondary N) is 2. The fourth-order valence-electron chi connectivity index (χ4n) is 2.29. The summed E-state index contributed by atoms with van der Waals surface area (Å²) in [6, 6.07) is 15.7. The number of thioether (sulfide) groups is 1. The molecule has 0 heterocycles. The van der Waals surface area contributed by atoms with Gasteiger partial charge in [-0.15, -0.1) is 11.8 Å². The number of ether oxygens (including phenoxy) is 2. The SMILES string of the molecule is COCCNC(=O)CSc1ccccc1C(=O)O[C@H](C)C(=O)Nc1ccccc1. The first-order chi connectivity index (χ1) is 14.0. The summed E-state index contributed by atoms with van der Waals surface area (Å²) in [6.45, 7) is 2.37. The Hall–Kier alpha value is -2.84. The summed E-state index contributed by atoms with van der Waals surface area (Å²) in [6.07, 6.45) is -0.974. The Morgan fingerprint density at radius 2 is 1.72 bits per heavy atom. The van der Waals surface area contributed by atoms with Gasteiger partial charge in [-0.05, 0) is 31.2 Å². The van der Waals surface area contributed by atoms with Gasteiger partial charge in [-0.3, -0.25) is 9.59 Å². The number of hydrogen-bond donors (Lipinski definition) is 2. The van der Waals surface area contributed by atoms with Crippen LogP contribution in [0.25, 0.3) is 0 Å². The maximum absolute atomic E-state index is 12.6. The lowest BCUT2D eigenvalue weighted by molar-refractivity contribution is -0.123. The van der Waals surface area contributed by atoms with Gasteiger partial charge < -0.3 is 20.1 Å². The third kappa shape index (κ3) is 7.59. The molecule has 1 atom stereocenters. The minimum atomic E-state index is -0.974. The van der Waals surface area contributed by atoms with E-state index in [2.05, 4.69) is 10.6 Å². The van der Waals surface area contributed by atoms with Crippen LogP contribution >= 0.6 is 11.8 Å². The lowest BCUT2D eigenvalue weighted by Gasteiger charge is -2.15. The summed E-state index contributed by atoms with van der Waals surface area (Å²) < 4.78 is 10.2. The monoisotopic (exact) mass is 416 g/mol. The first kappa shape index (κ1) is 22.4. The molecule has 2 rings (SSSR count). The fraction of sp³-hybridized carbons (Fsp3) is 0.286. The normalized spacial score (nSPS) is 11.4. The molecule has 0 saturated carbocycles. The maximum Gasteiger partial charge on any atom is 0.340 e. The number of hydrogen-bond acceptors (Lipinski definition) is 6. The van der Waals surface area contributed by atoms with Crippen molar-refractivity contribution in [2.45, 2.75) is 17.9 Å². The lowest BCUT2D eigenvalue weighted by atomic mass is 10.2. The largest absolute Gasteiger partial charge is 0.449 e. The van der Waals surface area contributed by atoms with Crippen LogP contribution in [0.1, 0.15) is 17.3 Å². The highest BCUT2D eigenvalue weighted by Gasteiger charge is 2.21. The Bertz CT molecular complexity index is 829. The second-order valence-electron chi connectivity index (χ2n) is 6.03. The summed E-state index contributed by atoms with van der Waals surface area (Å²) >= 11 is 1.23. The van der Waals surface area contributed by atoms with Crippen LogP contribution in [-0.2, 0) is 19.1 Å². The predicted octanol–water partition coefficient (Wildman–Crippen LogP) is 2.73. The van der Waals surface area contributed by atoms with Crippen LogP contribution in [0.5, 0.6) is 0 Å². The number of benzene rings is 2. The van der Waals surface area contributed by atoms with E-state index in [-0.39, 0.29) is 11.7 Å². The van der Waals surface area contributed by atoms with E-state index in [1.54, 1.807) is 55.6 Å². The molecule has 0 aromatic heterocycles. The van der Waals surface area contributed by atoms with Crippen molar-refractivity contribution in [1.82, 2.24) is 5.32 Å². The zero-order valence-electron chi connectivity index (χ0n) is 16.3. The van der Waals surface area contributed by atoms with Gasteiger partial charge in [-0.2, -0.15) is 0 Å². The topological polar surface area (TPSA) is 93.7 Å². The second-order valence-corrected chi connectivity index (χ2v) is 7.05. The fourth-order valence-corrected chi connectivity index (χ4v) is 3.16. The van der Waals surface area contributed by atoms with Crippen molar-refractivity contribution in [1.29, 1.82) is 0 Å². The van der Waals surface area contributed by atoms with Crippen LogP contribution in [0.3, 0.4) is 0 Å². The van der Waals surface area contributed by atoms with Crippen molar-refractivity contribution in [3.63, 3.8) is 0 Å². The van der Waals surface area contributed by atoms with E-state index in [0.717, 1.165) is 0 Å². The molecule has 0 spiro atoms. The van der Waals surface area contributed by atoms with Gasteiger partial charge in [0.25, 0.3) is 5.91 Å². The average molecular weight is 416 g/mol. The Morgan fingerprint density at radius 1 is 1.03 bits per heavy atom. The minimum absolute atomic E-state index is 0.151. The van der Waals surface area contributed by atoms with Crippen molar-refractivity contribution in [2.75, 3.05) is 31.3 Å². The molecule has 0 radical (unpaired) electrons. The number of methoxy groups -OCH3 is 1. The van der Waals surface area contributed by atoms with Crippen molar-refractivity contribution < 1.29 is 23.9 Å². The molecule has 0 aliphatic rings. The van der Waals surface area contributed by atoms with Crippen LogP contribution in [0.4, 0.5) is 5.69 Å². The Balaban J connectivity index is 1.93. The molecule has 154 valence electrons. The molecule has 0 bridgehead atoms. The second kappa shape index (κ2) is 11.9. The molecule has 0 saturated heterocycles. The Labute approximate surface area is 174 Å². The number of carbonyl (C=O) groups is 3. The maximum atomic E-state index is 12.6. The van der Waals surface area contributed by atoms with Gasteiger partial charge in [0.05, 0.1) is 17.9 Å². The van der Waals surface area contributed by atoms with E-state index < -0.39 is 18.0 Å². The summed E-state index contributed by atoms with van der Waals surface area (Å²) in [7, 11) is 1.56. The third-order valence-electron chi connectivity index (χ3n) is 3.79. The van der Waals surface area contributed by atoms with E-state index in [0.29, 0.717) is 29.3 Å². The van der Waals surface area contributed by atoms with Crippen molar-refractivity contribution in [2.24, 2.45) is 0 Å². The number of para-hydroxylation sites is 1. The molecular weight excluding hydrogens is 392 g/mol. The van der Waals surface area contributed by atoms with Crippen LogP contribution in [-0.4, -0.2) is 49.9 Å². The number of amides is 2. The third-order valence-corrected chi connectivity index (χ3v) is 4.86. The zero-order chi connectivity index (χ0) is 21.1. The predicted molar refractivity (Wildman–Crippen MR) is 112 cm³/mol. The van der Waals surface area contributed by atoms with Crippen molar-refractivity contribution >= 4 is 35.2 Å². The minimum Gasteiger partial charge on any atom is -0.449 e. The highest BCUT2D eigenvalue weighted by Crippen LogP contribution is 2.23. The zero-order valence-corrected chi connectivity index (χ0v) is 17.2. The lowest BCUT2D eigenvalue weighted by Crippen LogP contribution is -2.30. The molecule has 0 aliphatic carbocycles. The quantitative estimate of drug-likeness (QED) is 0.351. The molecule has 7 nitrogen and oxygen atoms in total. The van der Waals surface area contributed by atoms with Gasteiger partial charge in [0.2, 0.25) is 5.91 Å². The van der Waals surface area contributed by atoms with Crippen molar-refractivity contribution in [3.05, 3.63) is 60.2 Å². The average Bonchev–Trinajstić information content (AvgIpc) is 2.73. The van der Waals surface area contributed by atoms with E-state index in [1.165, 1.54) is 18.7 Å². The van der Waals surface area contributed by atoms with Crippen LogP contribution in [0.2, 0.25) is 0 Å². The van der Waals surface area contributed by atoms with Crippen LogP contribution in [0.15, 0.2) is 59.5 Å². The molecule has 8 heteroatoms. The van der Waals surface area contributed by atoms with E-state index >= 15 is 0 Å². The van der Waals surface area contributed by atoms with Crippen molar-refractivity contribution in [3.8, 4) is 0 Å².